The third kappa shape index (κ3) is 2.13. The summed E-state index contributed by atoms with van der Waals surface area (Å²) in [4.78, 5) is 29.3. The van der Waals surface area contributed by atoms with Gasteiger partial charge in [0.1, 0.15) is 6.54 Å². The summed E-state index contributed by atoms with van der Waals surface area (Å²) in [6.45, 7) is 1.52. The van der Waals surface area contributed by atoms with Crippen LogP contribution in [0.3, 0.4) is 0 Å². The first-order valence-corrected chi connectivity index (χ1v) is 8.32. The van der Waals surface area contributed by atoms with Crippen LogP contribution in [0, 0.1) is 0 Å². The number of hydrogen-bond acceptors (Lipinski definition) is 3. The summed E-state index contributed by atoms with van der Waals surface area (Å²) in [7, 11) is 0. The van der Waals surface area contributed by atoms with Crippen LogP contribution in [-0.4, -0.2) is 41.2 Å². The number of amides is 2. The molecule has 1 atom stereocenters. The van der Waals surface area contributed by atoms with Gasteiger partial charge in [-0.3, -0.25) is 9.59 Å². The molecule has 0 bridgehead atoms. The van der Waals surface area contributed by atoms with Crippen molar-refractivity contribution in [1.82, 2.24) is 9.80 Å². The van der Waals surface area contributed by atoms with E-state index in [-0.39, 0.29) is 24.4 Å². The van der Waals surface area contributed by atoms with Gasteiger partial charge < -0.3 is 9.80 Å². The number of carbonyl (C=O) groups excluding carboxylic acids is 2. The molecule has 22 heavy (non-hydrogen) atoms. The van der Waals surface area contributed by atoms with Crippen LogP contribution in [0.5, 0.6) is 0 Å². The Balaban J connectivity index is 1.66. The summed E-state index contributed by atoms with van der Waals surface area (Å²) in [6, 6.07) is 11.9. The maximum atomic E-state index is 12.6. The van der Waals surface area contributed by atoms with Gasteiger partial charge in [0.05, 0.1) is 10.9 Å². The highest BCUT2D eigenvalue weighted by Gasteiger charge is 2.38. The molecular formula is C17H16N2O2S. The van der Waals surface area contributed by atoms with E-state index in [1.807, 2.05) is 34.5 Å². The monoisotopic (exact) mass is 312 g/mol. The van der Waals surface area contributed by atoms with Crippen molar-refractivity contribution in [3.05, 3.63) is 57.8 Å². The fourth-order valence-electron chi connectivity index (χ4n) is 3.39. The maximum Gasteiger partial charge on any atom is 0.264 e. The van der Waals surface area contributed by atoms with Gasteiger partial charge in [0, 0.05) is 13.1 Å². The number of benzene rings is 1. The van der Waals surface area contributed by atoms with Crippen molar-refractivity contribution < 1.29 is 9.59 Å². The SMILES string of the molecule is O=C(c1cccs1)N1CC(=O)N2CCc3ccccc3C2C1. The van der Waals surface area contributed by atoms with Gasteiger partial charge in [0.2, 0.25) is 5.91 Å². The molecule has 1 unspecified atom stereocenters. The van der Waals surface area contributed by atoms with Crippen molar-refractivity contribution in [3.63, 3.8) is 0 Å². The summed E-state index contributed by atoms with van der Waals surface area (Å²) in [6.07, 6.45) is 0.900. The lowest BCUT2D eigenvalue weighted by atomic mass is 9.90. The second-order valence-electron chi connectivity index (χ2n) is 5.71. The Bertz CT molecular complexity index is 726. The van der Waals surface area contributed by atoms with Gasteiger partial charge >= 0.3 is 0 Å². The third-order valence-electron chi connectivity index (χ3n) is 4.47. The fraction of sp³-hybridized carbons (Fsp3) is 0.294. The molecule has 1 saturated heterocycles. The van der Waals surface area contributed by atoms with Gasteiger partial charge in [-0.15, -0.1) is 11.3 Å². The molecule has 2 aliphatic rings. The van der Waals surface area contributed by atoms with Crippen molar-refractivity contribution in [1.29, 1.82) is 0 Å². The summed E-state index contributed by atoms with van der Waals surface area (Å²) in [5.41, 5.74) is 2.48. The average molecular weight is 312 g/mol. The molecule has 3 heterocycles. The Kier molecular flexibility index (Phi) is 3.22. The molecule has 0 radical (unpaired) electrons. The Morgan fingerprint density at radius 1 is 1.18 bits per heavy atom. The smallest absolute Gasteiger partial charge is 0.264 e. The van der Waals surface area contributed by atoms with Gasteiger partial charge in [-0.25, -0.2) is 0 Å². The van der Waals surface area contributed by atoms with E-state index in [1.165, 1.54) is 22.5 Å². The molecule has 4 rings (SSSR count). The van der Waals surface area contributed by atoms with Crippen LogP contribution in [0.25, 0.3) is 0 Å². The number of hydrogen-bond donors (Lipinski definition) is 0. The third-order valence-corrected chi connectivity index (χ3v) is 5.33. The highest BCUT2D eigenvalue weighted by molar-refractivity contribution is 7.12. The van der Waals surface area contributed by atoms with E-state index in [1.54, 1.807) is 4.90 Å². The largest absolute Gasteiger partial charge is 0.332 e. The van der Waals surface area contributed by atoms with E-state index in [2.05, 4.69) is 12.1 Å². The van der Waals surface area contributed by atoms with E-state index < -0.39 is 0 Å². The first kappa shape index (κ1) is 13.5. The highest BCUT2D eigenvalue weighted by Crippen LogP contribution is 2.33. The zero-order chi connectivity index (χ0) is 15.1. The lowest BCUT2D eigenvalue weighted by Gasteiger charge is -2.44. The number of fused-ring (bicyclic) bond motifs is 3. The highest BCUT2D eigenvalue weighted by atomic mass is 32.1. The first-order chi connectivity index (χ1) is 10.7. The summed E-state index contributed by atoms with van der Waals surface area (Å²) in [5.74, 6) is 0.0155. The Morgan fingerprint density at radius 2 is 2.05 bits per heavy atom. The molecule has 4 nitrogen and oxygen atoms in total. The molecule has 0 aliphatic carbocycles. The lowest BCUT2D eigenvalue weighted by Crippen LogP contribution is -2.55. The van der Waals surface area contributed by atoms with E-state index in [0.717, 1.165) is 13.0 Å². The molecule has 0 N–H and O–H groups in total. The summed E-state index contributed by atoms with van der Waals surface area (Å²) in [5, 5.41) is 1.89. The molecule has 2 aromatic rings. The summed E-state index contributed by atoms with van der Waals surface area (Å²) >= 11 is 1.42. The molecule has 0 spiro atoms. The van der Waals surface area contributed by atoms with Crippen molar-refractivity contribution >= 4 is 23.2 Å². The van der Waals surface area contributed by atoms with E-state index in [4.69, 9.17) is 0 Å². The quantitative estimate of drug-likeness (QED) is 0.811. The van der Waals surface area contributed by atoms with Gasteiger partial charge in [-0.2, -0.15) is 0 Å². The van der Waals surface area contributed by atoms with Crippen molar-refractivity contribution in [2.45, 2.75) is 12.5 Å². The Labute approximate surface area is 133 Å². The van der Waals surface area contributed by atoms with Gasteiger partial charge in [-0.1, -0.05) is 30.3 Å². The van der Waals surface area contributed by atoms with Gasteiger partial charge in [0.25, 0.3) is 5.91 Å². The number of thiophene rings is 1. The van der Waals surface area contributed by atoms with Gasteiger partial charge in [-0.05, 0) is 29.0 Å². The minimum atomic E-state index is -0.0361. The Hall–Kier alpha value is -2.14. The van der Waals surface area contributed by atoms with Crippen LogP contribution in [0.4, 0.5) is 0 Å². The summed E-state index contributed by atoms with van der Waals surface area (Å²) < 4.78 is 0. The maximum absolute atomic E-state index is 12.6. The molecule has 5 heteroatoms. The normalized spacial score (nSPS) is 20.5. The van der Waals surface area contributed by atoms with Crippen LogP contribution in [0.15, 0.2) is 41.8 Å². The molecular weight excluding hydrogens is 296 g/mol. The molecule has 2 aliphatic heterocycles. The lowest BCUT2D eigenvalue weighted by molar-refractivity contribution is -0.139. The van der Waals surface area contributed by atoms with Crippen LogP contribution < -0.4 is 0 Å². The number of carbonyl (C=O) groups is 2. The van der Waals surface area contributed by atoms with Crippen LogP contribution in [0.1, 0.15) is 26.8 Å². The topological polar surface area (TPSA) is 40.6 Å². The second-order valence-corrected chi connectivity index (χ2v) is 6.66. The minimum Gasteiger partial charge on any atom is -0.332 e. The zero-order valence-corrected chi connectivity index (χ0v) is 12.9. The number of piperazine rings is 1. The van der Waals surface area contributed by atoms with Crippen LogP contribution in [-0.2, 0) is 11.2 Å². The van der Waals surface area contributed by atoms with E-state index in [0.29, 0.717) is 11.4 Å². The van der Waals surface area contributed by atoms with Crippen LogP contribution in [0.2, 0.25) is 0 Å². The molecule has 1 fully saturated rings. The van der Waals surface area contributed by atoms with Gasteiger partial charge in [0.15, 0.2) is 0 Å². The van der Waals surface area contributed by atoms with Crippen molar-refractivity contribution in [2.24, 2.45) is 0 Å². The molecule has 0 saturated carbocycles. The zero-order valence-electron chi connectivity index (χ0n) is 12.1. The first-order valence-electron chi connectivity index (χ1n) is 7.44. The fourth-order valence-corrected chi connectivity index (χ4v) is 4.08. The van der Waals surface area contributed by atoms with Crippen LogP contribution >= 0.6 is 11.3 Å². The predicted molar refractivity (Wildman–Crippen MR) is 84.8 cm³/mol. The minimum absolute atomic E-state index is 0.00453. The van der Waals surface area contributed by atoms with Crippen molar-refractivity contribution in [3.8, 4) is 0 Å². The predicted octanol–water partition coefficient (Wildman–Crippen LogP) is 2.33. The Morgan fingerprint density at radius 3 is 2.86 bits per heavy atom. The van der Waals surface area contributed by atoms with E-state index >= 15 is 0 Å². The molecule has 2 amide bonds. The second kappa shape index (κ2) is 5.25. The molecule has 1 aromatic carbocycles. The van der Waals surface area contributed by atoms with Crippen molar-refractivity contribution in [2.75, 3.05) is 19.6 Å². The molecule has 112 valence electrons. The number of rotatable bonds is 1. The van der Waals surface area contributed by atoms with E-state index in [9.17, 15) is 9.59 Å². The standard InChI is InChI=1S/C17H16N2O2S/c20-16-11-18(17(21)15-6-3-9-22-15)10-14-13-5-2-1-4-12(13)7-8-19(14)16/h1-6,9,14H,7-8,10-11H2. The average Bonchev–Trinajstić information content (AvgIpc) is 3.08. The molecule has 1 aromatic heterocycles. The number of nitrogens with zero attached hydrogens (tertiary/aromatic N) is 2.